The number of hydrogen-bond acceptors (Lipinski definition) is 5. The highest BCUT2D eigenvalue weighted by molar-refractivity contribution is 5.91. The van der Waals surface area contributed by atoms with Crippen LogP contribution < -0.4 is 0 Å². The summed E-state index contributed by atoms with van der Waals surface area (Å²) in [5.74, 6) is -2.10. The number of fused-ring (bicyclic) bond motifs is 2. The second-order valence-corrected chi connectivity index (χ2v) is 16.0. The third-order valence-electron chi connectivity index (χ3n) is 14.5. The van der Waals surface area contributed by atoms with Crippen molar-refractivity contribution in [2.24, 2.45) is 28.6 Å². The van der Waals surface area contributed by atoms with Gasteiger partial charge in [-0.15, -0.1) is 0 Å². The molecule has 0 saturated heterocycles. The summed E-state index contributed by atoms with van der Waals surface area (Å²) < 4.78 is 6.01. The lowest BCUT2D eigenvalue weighted by molar-refractivity contribution is -0.254. The van der Waals surface area contributed by atoms with Crippen LogP contribution in [-0.2, 0) is 34.2 Å². The van der Waals surface area contributed by atoms with Gasteiger partial charge in [-0.2, -0.15) is 0 Å². The van der Waals surface area contributed by atoms with E-state index in [1.165, 1.54) is 41.3 Å². The molecule has 3 N–H and O–H groups in total. The fourth-order valence-corrected chi connectivity index (χ4v) is 12.6. The van der Waals surface area contributed by atoms with Gasteiger partial charge in [0.05, 0.1) is 11.5 Å². The van der Waals surface area contributed by atoms with Crippen LogP contribution >= 0.6 is 0 Å². The second kappa shape index (κ2) is 9.98. The van der Waals surface area contributed by atoms with Crippen molar-refractivity contribution in [3.63, 3.8) is 0 Å². The summed E-state index contributed by atoms with van der Waals surface area (Å²) in [6.07, 6.45) is 10.8. The number of ketones is 1. The molecule has 0 heterocycles. The molecule has 5 nitrogen and oxygen atoms in total. The number of aliphatic hydroxyl groups excluding tert-OH is 2. The zero-order chi connectivity index (χ0) is 32.5. The van der Waals surface area contributed by atoms with Crippen molar-refractivity contribution in [3.8, 4) is 0 Å². The van der Waals surface area contributed by atoms with E-state index in [1.54, 1.807) is 0 Å². The summed E-state index contributed by atoms with van der Waals surface area (Å²) in [5.41, 5.74) is 6.07. The summed E-state index contributed by atoms with van der Waals surface area (Å²) in [6, 6.07) is 17.9. The van der Waals surface area contributed by atoms with Crippen molar-refractivity contribution in [1.82, 2.24) is 0 Å². The molecule has 9 atom stereocenters. The number of carbonyl (C=O) groups excluding carboxylic acids is 1. The molecule has 47 heavy (non-hydrogen) atoms. The average molecular weight is 631 g/mol. The van der Waals surface area contributed by atoms with Crippen LogP contribution in [0.15, 0.2) is 66.8 Å². The predicted molar refractivity (Wildman–Crippen MR) is 183 cm³/mol. The molecular formula is C42H46O5. The van der Waals surface area contributed by atoms with Crippen LogP contribution in [0.2, 0.25) is 0 Å². The monoisotopic (exact) mass is 630 g/mol. The maximum Gasteiger partial charge on any atom is 0.185 e. The van der Waals surface area contributed by atoms with E-state index in [4.69, 9.17) is 4.74 Å². The van der Waals surface area contributed by atoms with Gasteiger partial charge in [-0.3, -0.25) is 4.79 Å². The van der Waals surface area contributed by atoms with Gasteiger partial charge in [0.1, 0.15) is 5.78 Å². The van der Waals surface area contributed by atoms with Crippen molar-refractivity contribution in [1.29, 1.82) is 0 Å². The van der Waals surface area contributed by atoms with E-state index in [1.807, 2.05) is 6.08 Å². The standard InChI is InChI=1S/C42H46O5/c1-24-37-30(23-43)22-41(42(37,46)47-3)36(45)16-12-26-6-4-8-34-32(26)14-13-31-7-5-17-40(31,34)38-33-20-29-18-25(21-39(24,41)2)9-10-27(29)19-28(33)11-15-35(38)44/h4,6,8-11,15,18-20,30-31,35,37-38,43-44,46H,1,5,7,12-14,16-17,21-23H2,2-3H3. The molecule has 3 aromatic rings. The molecule has 9 rings (SSSR count). The number of aliphatic hydroxyl groups is 3. The number of methoxy groups -OCH3 is 1. The van der Waals surface area contributed by atoms with E-state index in [0.717, 1.165) is 47.6 Å². The van der Waals surface area contributed by atoms with Gasteiger partial charge in [-0.1, -0.05) is 80.1 Å². The van der Waals surface area contributed by atoms with Crippen LogP contribution in [0.1, 0.15) is 84.7 Å². The smallest absolute Gasteiger partial charge is 0.185 e. The van der Waals surface area contributed by atoms with Crippen molar-refractivity contribution >= 4 is 22.6 Å². The molecule has 5 heteroatoms. The molecule has 3 aromatic carbocycles. The number of benzene rings is 3. The molecule has 6 aliphatic rings. The highest BCUT2D eigenvalue weighted by Crippen LogP contribution is 2.74. The van der Waals surface area contributed by atoms with Crippen LogP contribution in [-0.4, -0.2) is 46.7 Å². The molecular weight excluding hydrogens is 584 g/mol. The largest absolute Gasteiger partial charge is 0.396 e. The van der Waals surface area contributed by atoms with Crippen LogP contribution in [0.5, 0.6) is 0 Å². The lowest BCUT2D eigenvalue weighted by atomic mass is 9.54. The number of carbonyl (C=O) groups is 1. The highest BCUT2D eigenvalue weighted by Gasteiger charge is 2.80. The van der Waals surface area contributed by atoms with Gasteiger partial charge in [0.2, 0.25) is 0 Å². The fraction of sp³-hybridized carbons (Fsp3) is 0.500. The summed E-state index contributed by atoms with van der Waals surface area (Å²) in [4.78, 5) is 15.0. The number of hydrogen-bond donors (Lipinski definition) is 3. The fourth-order valence-electron chi connectivity index (χ4n) is 12.6. The quantitative estimate of drug-likeness (QED) is 0.220. The first-order valence-electron chi connectivity index (χ1n) is 17.8. The summed E-state index contributed by atoms with van der Waals surface area (Å²) in [6.45, 7) is 6.52. The third kappa shape index (κ3) is 3.52. The van der Waals surface area contributed by atoms with Crippen molar-refractivity contribution in [2.75, 3.05) is 13.7 Å². The Hall–Kier alpha value is -3.09. The van der Waals surface area contributed by atoms with Crippen LogP contribution in [0, 0.1) is 28.6 Å². The second-order valence-electron chi connectivity index (χ2n) is 16.0. The maximum absolute atomic E-state index is 15.0. The Morgan fingerprint density at radius 1 is 1.02 bits per heavy atom. The number of aryl methyl sites for hydroxylation is 1. The Labute approximate surface area is 277 Å². The van der Waals surface area contributed by atoms with Gasteiger partial charge >= 0.3 is 0 Å². The minimum absolute atomic E-state index is 0.00142. The minimum Gasteiger partial charge on any atom is -0.396 e. The Balaban J connectivity index is 1.31. The summed E-state index contributed by atoms with van der Waals surface area (Å²) in [7, 11) is 1.50. The zero-order valence-electron chi connectivity index (χ0n) is 27.6. The Morgan fingerprint density at radius 2 is 1.87 bits per heavy atom. The molecule has 244 valence electrons. The van der Waals surface area contributed by atoms with Gasteiger partial charge in [0, 0.05) is 42.8 Å². The first kappa shape index (κ1) is 30.0. The number of Topliss-reactive ketones (excluding diaryl/α,β-unsaturated/α-hetero) is 1. The molecule has 0 aliphatic heterocycles. The number of rotatable bonds is 2. The minimum atomic E-state index is -1.74. The average Bonchev–Trinajstić information content (AvgIpc) is 3.67. The van der Waals surface area contributed by atoms with Gasteiger partial charge in [-0.05, 0) is 107 Å². The van der Waals surface area contributed by atoms with Crippen LogP contribution in [0.4, 0.5) is 0 Å². The summed E-state index contributed by atoms with van der Waals surface area (Å²) >= 11 is 0. The molecule has 3 saturated carbocycles. The molecule has 0 aromatic heterocycles. The Bertz CT molecular complexity index is 1890. The molecule has 9 unspecified atom stereocenters. The van der Waals surface area contributed by atoms with E-state index in [0.29, 0.717) is 25.2 Å². The molecule has 0 radical (unpaired) electrons. The van der Waals surface area contributed by atoms with E-state index in [9.17, 15) is 15.3 Å². The normalized spacial score (nSPS) is 40.0. The predicted octanol–water partition coefficient (Wildman–Crippen LogP) is 6.58. The van der Waals surface area contributed by atoms with Gasteiger partial charge in [-0.25, -0.2) is 0 Å². The molecule has 6 aliphatic carbocycles. The van der Waals surface area contributed by atoms with Crippen molar-refractivity contribution in [2.45, 2.75) is 87.9 Å². The first-order valence-corrected chi connectivity index (χ1v) is 17.8. The number of ether oxygens (including phenoxy) is 1. The Morgan fingerprint density at radius 3 is 2.68 bits per heavy atom. The molecule has 0 amide bonds. The topological polar surface area (TPSA) is 87.0 Å². The molecule has 9 bridgehead atoms. The van der Waals surface area contributed by atoms with Crippen molar-refractivity contribution in [3.05, 3.63) is 100 Å². The SMILES string of the molecule is C=C1C2C(CO)CC3(C(=O)CCc4cccc5c4CCC4CCCC54C4c5cc6cc(ccc6cc5C=CC4O)CC13C)C2(O)OC. The third-order valence-corrected chi connectivity index (χ3v) is 14.5. The van der Waals surface area contributed by atoms with Crippen molar-refractivity contribution < 1.29 is 24.9 Å². The van der Waals surface area contributed by atoms with E-state index < -0.39 is 28.6 Å². The van der Waals surface area contributed by atoms with Crippen LogP contribution in [0.3, 0.4) is 0 Å². The van der Waals surface area contributed by atoms with E-state index in [-0.39, 0.29) is 36.1 Å². The lowest BCUT2D eigenvalue weighted by Gasteiger charge is -2.50. The molecule has 2 spiro atoms. The van der Waals surface area contributed by atoms with Gasteiger partial charge < -0.3 is 20.1 Å². The summed E-state index contributed by atoms with van der Waals surface area (Å²) in [5, 5.41) is 37.2. The molecule has 3 fully saturated rings. The van der Waals surface area contributed by atoms with Gasteiger partial charge in [0.25, 0.3) is 0 Å². The van der Waals surface area contributed by atoms with E-state index >= 15 is 4.79 Å². The Kier molecular flexibility index (Phi) is 6.37. The lowest BCUT2D eigenvalue weighted by Crippen LogP contribution is -2.56. The van der Waals surface area contributed by atoms with Gasteiger partial charge in [0.15, 0.2) is 5.79 Å². The highest BCUT2D eigenvalue weighted by atomic mass is 16.6. The van der Waals surface area contributed by atoms with E-state index in [2.05, 4.69) is 68.1 Å². The first-order chi connectivity index (χ1) is 22.6. The van der Waals surface area contributed by atoms with Crippen LogP contribution in [0.25, 0.3) is 16.8 Å². The maximum atomic E-state index is 15.0. The zero-order valence-corrected chi connectivity index (χ0v) is 27.6.